The summed E-state index contributed by atoms with van der Waals surface area (Å²) in [6.07, 6.45) is 3.61. The third-order valence-corrected chi connectivity index (χ3v) is 5.11. The van der Waals surface area contributed by atoms with E-state index in [0.29, 0.717) is 36.4 Å². The predicted octanol–water partition coefficient (Wildman–Crippen LogP) is 2.97. The molecule has 0 saturated carbocycles. The smallest absolute Gasteiger partial charge is 0.408 e. The molecule has 0 saturated heterocycles. The lowest BCUT2D eigenvalue weighted by atomic mass is 10.1. The molecule has 0 radical (unpaired) electrons. The van der Waals surface area contributed by atoms with Crippen molar-refractivity contribution in [2.75, 3.05) is 5.32 Å². The average molecular weight is 469 g/mol. The van der Waals surface area contributed by atoms with E-state index < -0.39 is 18.1 Å². The second-order valence-corrected chi connectivity index (χ2v) is 8.07. The van der Waals surface area contributed by atoms with Crippen molar-refractivity contribution in [2.24, 2.45) is 5.92 Å². The monoisotopic (exact) mass is 468 g/mol. The van der Waals surface area contributed by atoms with E-state index in [9.17, 15) is 19.5 Å². The number of carbonyl (C=O) groups is 3. The Bertz CT molecular complexity index is 1130. The number of anilines is 1. The van der Waals surface area contributed by atoms with Gasteiger partial charge in [0.15, 0.2) is 17.0 Å². The zero-order valence-corrected chi connectivity index (χ0v) is 19.1. The Labute approximate surface area is 196 Å². The molecule has 0 bridgehead atoms. The number of imidazole rings is 1. The summed E-state index contributed by atoms with van der Waals surface area (Å²) in [6, 6.07) is 8.08. The molecule has 1 atom stereocenters. The Morgan fingerprint density at radius 1 is 1.09 bits per heavy atom. The number of amides is 2. The molecule has 0 aliphatic heterocycles. The standard InChI is InChI=1S/C23H28N6O5/c1-15(2)21(30)28-19-18-20(25-13-24-19)29(14-26-18)11-7-6-10-17(22(31)32)27-23(33)34-12-16-8-4-3-5-9-16/h3-5,8-9,13-15,17H,6-7,10-12H2,1-2H3,(H,27,33)(H,31,32)(H,24,25,28,30)/t17-/m0/s1. The molecule has 1 aromatic carbocycles. The van der Waals surface area contributed by atoms with Crippen molar-refractivity contribution in [3.05, 3.63) is 48.5 Å². The summed E-state index contributed by atoms with van der Waals surface area (Å²) in [5.41, 5.74) is 1.88. The zero-order chi connectivity index (χ0) is 24.5. The van der Waals surface area contributed by atoms with Crippen LogP contribution in [0, 0.1) is 5.92 Å². The van der Waals surface area contributed by atoms with Crippen LogP contribution < -0.4 is 10.6 Å². The molecule has 11 nitrogen and oxygen atoms in total. The average Bonchev–Trinajstić information content (AvgIpc) is 3.24. The number of nitrogens with one attached hydrogen (secondary N) is 2. The lowest BCUT2D eigenvalue weighted by Crippen LogP contribution is -2.41. The normalized spacial score (nSPS) is 11.9. The molecule has 34 heavy (non-hydrogen) atoms. The van der Waals surface area contributed by atoms with Crippen LogP contribution in [0.2, 0.25) is 0 Å². The summed E-state index contributed by atoms with van der Waals surface area (Å²) in [5.74, 6) is -1.13. The Morgan fingerprint density at radius 3 is 2.56 bits per heavy atom. The number of carbonyl (C=O) groups excluding carboxylic acids is 2. The van der Waals surface area contributed by atoms with Gasteiger partial charge >= 0.3 is 12.1 Å². The summed E-state index contributed by atoms with van der Waals surface area (Å²) in [6.45, 7) is 4.17. The Kier molecular flexibility index (Phi) is 8.49. The fourth-order valence-electron chi connectivity index (χ4n) is 3.19. The van der Waals surface area contributed by atoms with Gasteiger partial charge in [-0.15, -0.1) is 0 Å². The number of aryl methyl sites for hydroxylation is 1. The molecule has 2 aromatic heterocycles. The minimum absolute atomic E-state index is 0.0637. The molecular formula is C23H28N6O5. The van der Waals surface area contributed by atoms with Gasteiger partial charge in [0.25, 0.3) is 0 Å². The number of unbranched alkanes of at least 4 members (excludes halogenated alkanes) is 1. The van der Waals surface area contributed by atoms with Gasteiger partial charge in [-0.25, -0.2) is 24.5 Å². The van der Waals surface area contributed by atoms with Crippen LogP contribution in [0.3, 0.4) is 0 Å². The quantitative estimate of drug-likeness (QED) is 0.364. The van der Waals surface area contributed by atoms with E-state index in [0.717, 1.165) is 5.56 Å². The van der Waals surface area contributed by atoms with Crippen LogP contribution in [-0.4, -0.2) is 48.6 Å². The molecule has 3 N–H and O–H groups in total. The maximum absolute atomic E-state index is 12.0. The van der Waals surface area contributed by atoms with E-state index in [4.69, 9.17) is 4.74 Å². The molecule has 0 unspecified atom stereocenters. The third kappa shape index (κ3) is 6.74. The number of alkyl carbamates (subject to hydrolysis) is 1. The van der Waals surface area contributed by atoms with E-state index in [-0.39, 0.29) is 24.9 Å². The number of fused-ring (bicyclic) bond motifs is 1. The fourth-order valence-corrected chi connectivity index (χ4v) is 3.19. The molecule has 2 heterocycles. The topological polar surface area (TPSA) is 148 Å². The van der Waals surface area contributed by atoms with E-state index in [1.807, 2.05) is 34.9 Å². The summed E-state index contributed by atoms with van der Waals surface area (Å²) in [4.78, 5) is 48.2. The van der Waals surface area contributed by atoms with E-state index >= 15 is 0 Å². The molecule has 2 amide bonds. The van der Waals surface area contributed by atoms with E-state index in [1.165, 1.54) is 6.33 Å². The van der Waals surface area contributed by atoms with Crippen molar-refractivity contribution in [3.63, 3.8) is 0 Å². The molecule has 3 rings (SSSR count). The number of aliphatic carboxylic acids is 1. The number of benzene rings is 1. The van der Waals surface area contributed by atoms with Crippen LogP contribution in [0.5, 0.6) is 0 Å². The minimum atomic E-state index is -1.12. The highest BCUT2D eigenvalue weighted by atomic mass is 16.5. The van der Waals surface area contributed by atoms with Crippen molar-refractivity contribution in [1.29, 1.82) is 0 Å². The van der Waals surface area contributed by atoms with Crippen LogP contribution in [0.25, 0.3) is 11.2 Å². The first-order valence-electron chi connectivity index (χ1n) is 11.0. The Morgan fingerprint density at radius 2 is 1.85 bits per heavy atom. The third-order valence-electron chi connectivity index (χ3n) is 5.11. The summed E-state index contributed by atoms with van der Waals surface area (Å²) >= 11 is 0. The largest absolute Gasteiger partial charge is 0.480 e. The molecule has 180 valence electrons. The molecular weight excluding hydrogens is 440 g/mol. The van der Waals surface area contributed by atoms with Gasteiger partial charge in [0.1, 0.15) is 19.0 Å². The van der Waals surface area contributed by atoms with Crippen molar-refractivity contribution in [1.82, 2.24) is 24.8 Å². The molecule has 0 aliphatic carbocycles. The van der Waals surface area contributed by atoms with Crippen molar-refractivity contribution in [2.45, 2.75) is 52.3 Å². The predicted molar refractivity (Wildman–Crippen MR) is 124 cm³/mol. The van der Waals surface area contributed by atoms with Gasteiger partial charge in [0.05, 0.1) is 6.33 Å². The fraction of sp³-hybridized carbons (Fsp3) is 0.391. The summed E-state index contributed by atoms with van der Waals surface area (Å²) < 4.78 is 6.92. The minimum Gasteiger partial charge on any atom is -0.480 e. The first-order valence-corrected chi connectivity index (χ1v) is 11.0. The van der Waals surface area contributed by atoms with Gasteiger partial charge in [-0.2, -0.15) is 0 Å². The second kappa shape index (κ2) is 11.7. The summed E-state index contributed by atoms with van der Waals surface area (Å²) in [7, 11) is 0. The first-order chi connectivity index (χ1) is 16.3. The van der Waals surface area contributed by atoms with E-state index in [2.05, 4.69) is 25.6 Å². The van der Waals surface area contributed by atoms with Crippen LogP contribution >= 0.6 is 0 Å². The van der Waals surface area contributed by atoms with Crippen molar-refractivity contribution < 1.29 is 24.2 Å². The number of aromatic nitrogens is 4. The first kappa shape index (κ1) is 24.6. The number of carboxylic acids is 1. The number of hydrogen-bond acceptors (Lipinski definition) is 7. The Hall–Kier alpha value is -4.02. The van der Waals surface area contributed by atoms with Crippen LogP contribution in [0.15, 0.2) is 43.0 Å². The van der Waals surface area contributed by atoms with Gasteiger partial charge in [-0.1, -0.05) is 44.2 Å². The number of hydrogen-bond donors (Lipinski definition) is 3. The van der Waals surface area contributed by atoms with Gasteiger partial charge in [0, 0.05) is 12.5 Å². The summed E-state index contributed by atoms with van der Waals surface area (Å²) in [5, 5.41) is 14.6. The SMILES string of the molecule is CC(C)C(=O)Nc1ncnc2c1ncn2CCCC[C@H](NC(=O)OCc1ccccc1)C(=O)O. The van der Waals surface area contributed by atoms with Gasteiger partial charge in [-0.3, -0.25) is 4.79 Å². The Balaban J connectivity index is 1.49. The maximum atomic E-state index is 12.0. The maximum Gasteiger partial charge on any atom is 0.408 e. The van der Waals surface area contributed by atoms with Crippen LogP contribution in [-0.2, 0) is 27.5 Å². The van der Waals surface area contributed by atoms with Gasteiger partial charge in [0.2, 0.25) is 5.91 Å². The molecule has 0 fully saturated rings. The lowest BCUT2D eigenvalue weighted by molar-refractivity contribution is -0.139. The lowest BCUT2D eigenvalue weighted by Gasteiger charge is -2.14. The second-order valence-electron chi connectivity index (χ2n) is 8.07. The highest BCUT2D eigenvalue weighted by Crippen LogP contribution is 2.19. The number of nitrogens with zero attached hydrogens (tertiary/aromatic N) is 4. The molecule has 3 aromatic rings. The molecule has 0 spiro atoms. The van der Waals surface area contributed by atoms with Crippen molar-refractivity contribution >= 4 is 35.0 Å². The molecule has 0 aliphatic rings. The van der Waals surface area contributed by atoms with Crippen LogP contribution in [0.4, 0.5) is 10.6 Å². The highest BCUT2D eigenvalue weighted by molar-refractivity contribution is 5.97. The highest BCUT2D eigenvalue weighted by Gasteiger charge is 2.20. The van der Waals surface area contributed by atoms with Gasteiger partial charge < -0.3 is 25.0 Å². The van der Waals surface area contributed by atoms with Gasteiger partial charge in [-0.05, 0) is 24.8 Å². The number of ether oxygens (including phenoxy) is 1. The molecule has 11 heteroatoms. The van der Waals surface area contributed by atoms with Crippen molar-refractivity contribution in [3.8, 4) is 0 Å². The van der Waals surface area contributed by atoms with Crippen LogP contribution in [0.1, 0.15) is 38.7 Å². The number of carboxylic acid groups (broad SMARTS) is 1. The number of rotatable bonds is 11. The zero-order valence-electron chi connectivity index (χ0n) is 19.1. The van der Waals surface area contributed by atoms with E-state index in [1.54, 1.807) is 20.2 Å².